The Labute approximate surface area is 174 Å². The minimum absolute atomic E-state index is 0.0861. The third-order valence-electron chi connectivity index (χ3n) is 5.09. The number of fused-ring (bicyclic) bond motifs is 1. The molecule has 3 aromatic carbocycles. The second-order valence-electron chi connectivity index (χ2n) is 7.02. The number of hydrogen-bond acceptors (Lipinski definition) is 4. The lowest BCUT2D eigenvalue weighted by Crippen LogP contribution is -2.24. The Morgan fingerprint density at radius 1 is 1.00 bits per heavy atom. The summed E-state index contributed by atoms with van der Waals surface area (Å²) in [6.07, 6.45) is 0. The molecule has 0 fully saturated rings. The summed E-state index contributed by atoms with van der Waals surface area (Å²) in [6.45, 7) is 1.86. The Bertz CT molecular complexity index is 1150. The van der Waals surface area contributed by atoms with Crippen LogP contribution in [0.3, 0.4) is 0 Å². The fraction of sp³-hybridized carbons (Fsp3) is 0.125. The molecule has 1 aliphatic heterocycles. The number of rotatable bonds is 5. The molecular formula is C24H20N2O4. The van der Waals surface area contributed by atoms with E-state index in [0.717, 1.165) is 11.3 Å². The van der Waals surface area contributed by atoms with Gasteiger partial charge in [-0.1, -0.05) is 24.3 Å². The first-order chi connectivity index (χ1) is 14.5. The average Bonchev–Trinajstić information content (AvgIpc) is 3.10. The molecule has 4 rings (SSSR count). The second-order valence-corrected chi connectivity index (χ2v) is 7.02. The first kappa shape index (κ1) is 19.4. The van der Waals surface area contributed by atoms with Crippen LogP contribution in [0.1, 0.15) is 43.6 Å². The Morgan fingerprint density at radius 3 is 2.43 bits per heavy atom. The molecular weight excluding hydrogens is 380 g/mol. The largest absolute Gasteiger partial charge is 0.497 e. The number of Topliss-reactive ketones (excluding diaryl/α,β-unsaturated/α-hetero) is 1. The molecule has 1 N–H and O–H groups in total. The van der Waals surface area contributed by atoms with Crippen molar-refractivity contribution in [2.75, 3.05) is 17.3 Å². The van der Waals surface area contributed by atoms with E-state index in [0.29, 0.717) is 34.7 Å². The van der Waals surface area contributed by atoms with E-state index in [9.17, 15) is 14.4 Å². The minimum Gasteiger partial charge on any atom is -0.497 e. The number of ether oxygens (including phenoxy) is 1. The first-order valence-electron chi connectivity index (χ1n) is 9.48. The maximum Gasteiger partial charge on any atom is 0.259 e. The lowest BCUT2D eigenvalue weighted by Gasteiger charge is -2.16. The van der Waals surface area contributed by atoms with Gasteiger partial charge in [0.1, 0.15) is 5.75 Å². The van der Waals surface area contributed by atoms with Crippen LogP contribution in [0.15, 0.2) is 66.7 Å². The van der Waals surface area contributed by atoms with Crippen molar-refractivity contribution >= 4 is 29.0 Å². The van der Waals surface area contributed by atoms with Crippen molar-refractivity contribution in [1.82, 2.24) is 0 Å². The second kappa shape index (κ2) is 7.83. The zero-order chi connectivity index (χ0) is 21.3. The first-order valence-corrected chi connectivity index (χ1v) is 9.48. The highest BCUT2D eigenvalue weighted by atomic mass is 16.5. The predicted octanol–water partition coefficient (Wildman–Crippen LogP) is 4.31. The maximum atomic E-state index is 13.1. The molecule has 3 aromatic rings. The molecule has 2 amide bonds. The van der Waals surface area contributed by atoms with Crippen molar-refractivity contribution in [3.8, 4) is 5.75 Å². The molecule has 0 bridgehead atoms. The molecule has 6 heteroatoms. The molecule has 1 heterocycles. The molecule has 0 radical (unpaired) electrons. The van der Waals surface area contributed by atoms with Gasteiger partial charge in [0.2, 0.25) is 0 Å². The van der Waals surface area contributed by atoms with E-state index < -0.39 is 5.91 Å². The van der Waals surface area contributed by atoms with Crippen LogP contribution in [-0.4, -0.2) is 24.7 Å². The van der Waals surface area contributed by atoms with E-state index in [-0.39, 0.29) is 11.7 Å². The summed E-state index contributed by atoms with van der Waals surface area (Å²) in [4.78, 5) is 39.3. The van der Waals surface area contributed by atoms with E-state index in [4.69, 9.17) is 4.74 Å². The van der Waals surface area contributed by atoms with Gasteiger partial charge in [0.25, 0.3) is 11.8 Å². The Morgan fingerprint density at radius 2 is 1.73 bits per heavy atom. The van der Waals surface area contributed by atoms with Gasteiger partial charge in [-0.05, 0) is 55.0 Å². The highest BCUT2D eigenvalue weighted by Crippen LogP contribution is 2.31. The molecule has 1 aliphatic rings. The average molecular weight is 400 g/mol. The molecule has 0 saturated carbocycles. The molecule has 0 aromatic heterocycles. The Hall–Kier alpha value is -3.93. The van der Waals surface area contributed by atoms with Crippen LogP contribution in [0.2, 0.25) is 0 Å². The smallest absolute Gasteiger partial charge is 0.259 e. The van der Waals surface area contributed by atoms with Crippen molar-refractivity contribution in [2.45, 2.75) is 13.5 Å². The number of nitrogens with zero attached hydrogens (tertiary/aromatic N) is 1. The van der Waals surface area contributed by atoms with Crippen molar-refractivity contribution in [3.63, 3.8) is 0 Å². The summed E-state index contributed by atoms with van der Waals surface area (Å²) in [5, 5.41) is 2.80. The number of carbonyl (C=O) groups excluding carboxylic acids is 3. The summed E-state index contributed by atoms with van der Waals surface area (Å²) in [5.41, 5.74) is 3.24. The molecule has 0 atom stereocenters. The molecule has 0 saturated heterocycles. The number of methoxy groups -OCH3 is 1. The van der Waals surface area contributed by atoms with Gasteiger partial charge in [-0.2, -0.15) is 0 Å². The lowest BCUT2D eigenvalue weighted by atomic mass is 10.0. The monoisotopic (exact) mass is 400 g/mol. The van der Waals surface area contributed by atoms with Crippen molar-refractivity contribution in [1.29, 1.82) is 0 Å². The number of benzene rings is 3. The zero-order valence-electron chi connectivity index (χ0n) is 16.6. The van der Waals surface area contributed by atoms with E-state index in [2.05, 4.69) is 5.32 Å². The SMILES string of the molecule is COc1ccc(N2Cc3cccc(C(=O)Nc4cccc(C(C)=O)c4)c3C2=O)cc1. The van der Waals surface area contributed by atoms with Gasteiger partial charge in [0, 0.05) is 16.9 Å². The van der Waals surface area contributed by atoms with E-state index >= 15 is 0 Å². The van der Waals surface area contributed by atoms with Crippen molar-refractivity contribution in [2.24, 2.45) is 0 Å². The number of carbonyl (C=O) groups is 3. The molecule has 0 unspecified atom stereocenters. The van der Waals surface area contributed by atoms with Crippen LogP contribution < -0.4 is 15.0 Å². The third-order valence-corrected chi connectivity index (χ3v) is 5.09. The molecule has 0 aliphatic carbocycles. The van der Waals surface area contributed by atoms with Crippen LogP contribution in [0, 0.1) is 0 Å². The lowest BCUT2D eigenvalue weighted by molar-refractivity contribution is 0.0976. The van der Waals surface area contributed by atoms with Gasteiger partial charge in [-0.25, -0.2) is 0 Å². The summed E-state index contributed by atoms with van der Waals surface area (Å²) >= 11 is 0. The Balaban J connectivity index is 1.62. The fourth-order valence-corrected chi connectivity index (χ4v) is 3.54. The van der Waals surface area contributed by atoms with E-state index in [1.807, 2.05) is 18.2 Å². The number of amides is 2. The van der Waals surface area contributed by atoms with Crippen LogP contribution in [-0.2, 0) is 6.54 Å². The Kier molecular flexibility index (Phi) is 5.06. The van der Waals surface area contributed by atoms with Gasteiger partial charge >= 0.3 is 0 Å². The summed E-state index contributed by atoms with van der Waals surface area (Å²) in [5.74, 6) is 0.00340. The van der Waals surface area contributed by atoms with Crippen LogP contribution in [0.4, 0.5) is 11.4 Å². The minimum atomic E-state index is -0.391. The highest BCUT2D eigenvalue weighted by Gasteiger charge is 2.32. The van der Waals surface area contributed by atoms with E-state index in [1.165, 1.54) is 6.92 Å². The predicted molar refractivity (Wildman–Crippen MR) is 114 cm³/mol. The number of hydrogen-bond donors (Lipinski definition) is 1. The molecule has 6 nitrogen and oxygen atoms in total. The number of nitrogens with one attached hydrogen (secondary N) is 1. The van der Waals surface area contributed by atoms with E-state index in [1.54, 1.807) is 60.5 Å². The number of anilines is 2. The van der Waals surface area contributed by atoms with Gasteiger partial charge in [-0.3, -0.25) is 14.4 Å². The summed E-state index contributed by atoms with van der Waals surface area (Å²) in [7, 11) is 1.59. The normalized spacial score (nSPS) is 12.5. The summed E-state index contributed by atoms with van der Waals surface area (Å²) < 4.78 is 5.17. The van der Waals surface area contributed by atoms with Crippen LogP contribution in [0.25, 0.3) is 0 Å². The van der Waals surface area contributed by atoms with Gasteiger partial charge in [0.15, 0.2) is 5.78 Å². The zero-order valence-corrected chi connectivity index (χ0v) is 16.6. The summed E-state index contributed by atoms with van der Waals surface area (Å²) in [6, 6.07) is 19.2. The molecule has 0 spiro atoms. The van der Waals surface area contributed by atoms with Crippen molar-refractivity contribution < 1.29 is 19.1 Å². The van der Waals surface area contributed by atoms with Crippen LogP contribution in [0.5, 0.6) is 5.75 Å². The highest BCUT2D eigenvalue weighted by molar-refractivity contribution is 6.18. The van der Waals surface area contributed by atoms with Gasteiger partial charge in [0.05, 0.1) is 24.8 Å². The fourth-order valence-electron chi connectivity index (χ4n) is 3.54. The molecule has 30 heavy (non-hydrogen) atoms. The third kappa shape index (κ3) is 3.55. The molecule has 150 valence electrons. The number of ketones is 1. The van der Waals surface area contributed by atoms with Gasteiger partial charge in [-0.15, -0.1) is 0 Å². The van der Waals surface area contributed by atoms with Gasteiger partial charge < -0.3 is 15.0 Å². The van der Waals surface area contributed by atoms with Crippen molar-refractivity contribution in [3.05, 3.63) is 89.0 Å². The maximum absolute atomic E-state index is 13.1. The standard InChI is InChI=1S/C24H20N2O4/c1-15(27)16-5-3-7-18(13-16)25-23(28)21-8-4-6-17-14-26(24(29)22(17)21)19-9-11-20(30-2)12-10-19/h3-13H,14H2,1-2H3,(H,25,28). The van der Waals surface area contributed by atoms with Crippen LogP contribution >= 0.6 is 0 Å². The quantitative estimate of drug-likeness (QED) is 0.648. The topological polar surface area (TPSA) is 75.7 Å².